The number of hydrogen-bond donors (Lipinski definition) is 1. The Morgan fingerprint density at radius 1 is 1.33 bits per heavy atom. The second-order valence-corrected chi connectivity index (χ2v) is 5.65. The van der Waals surface area contributed by atoms with E-state index in [0.29, 0.717) is 22.6 Å². The number of benzene rings is 1. The van der Waals surface area contributed by atoms with Gasteiger partial charge in [-0.15, -0.1) is 0 Å². The molecule has 2 rings (SSSR count). The molecule has 1 aliphatic heterocycles. The van der Waals surface area contributed by atoms with Crippen molar-refractivity contribution in [1.82, 2.24) is 5.32 Å². The van der Waals surface area contributed by atoms with Crippen LogP contribution in [-0.2, 0) is 16.4 Å². The number of rotatable bonds is 1. The van der Waals surface area contributed by atoms with E-state index >= 15 is 0 Å². The zero-order valence-corrected chi connectivity index (χ0v) is 9.31. The highest BCUT2D eigenvalue weighted by Gasteiger charge is 2.24. The minimum absolute atomic E-state index is 0.131. The summed E-state index contributed by atoms with van der Waals surface area (Å²) in [5, 5.41) is 2.67. The summed E-state index contributed by atoms with van der Waals surface area (Å²) in [6.07, 6.45) is 1.17. The van der Waals surface area contributed by atoms with Crippen LogP contribution in [0.15, 0.2) is 17.0 Å². The number of carbonyl (C=O) groups excluding carboxylic acids is 1. The number of carbonyl (C=O) groups is 1. The Labute approximate surface area is 88.2 Å². The fourth-order valence-corrected chi connectivity index (χ4v) is 2.84. The first kappa shape index (κ1) is 10.2. The largest absolute Gasteiger partial charge is 0.348 e. The zero-order valence-electron chi connectivity index (χ0n) is 8.49. The van der Waals surface area contributed by atoms with Gasteiger partial charge in [-0.1, -0.05) is 0 Å². The van der Waals surface area contributed by atoms with E-state index in [9.17, 15) is 13.2 Å². The van der Waals surface area contributed by atoms with Gasteiger partial charge in [0.25, 0.3) is 5.91 Å². The third kappa shape index (κ3) is 1.52. The van der Waals surface area contributed by atoms with E-state index in [1.807, 2.05) is 0 Å². The lowest BCUT2D eigenvalue weighted by molar-refractivity contribution is 0.0965. The quantitative estimate of drug-likeness (QED) is 0.763. The molecule has 1 N–H and O–H groups in total. The number of fused-ring (bicyclic) bond motifs is 1. The van der Waals surface area contributed by atoms with E-state index < -0.39 is 9.84 Å². The fraction of sp³-hybridized carbons (Fsp3) is 0.300. The van der Waals surface area contributed by atoms with E-state index in [0.717, 1.165) is 5.56 Å². The van der Waals surface area contributed by atoms with Crippen molar-refractivity contribution in [1.29, 1.82) is 0 Å². The van der Waals surface area contributed by atoms with Gasteiger partial charge in [0.15, 0.2) is 9.84 Å². The molecule has 0 unspecified atom stereocenters. The van der Waals surface area contributed by atoms with Crippen LogP contribution in [0.2, 0.25) is 0 Å². The smallest absolute Gasteiger partial charge is 0.251 e. The first-order chi connectivity index (χ1) is 6.91. The van der Waals surface area contributed by atoms with Crippen molar-refractivity contribution in [2.24, 2.45) is 0 Å². The Balaban J connectivity index is 2.72. The lowest BCUT2D eigenvalue weighted by atomic mass is 10.0. The van der Waals surface area contributed by atoms with E-state index in [4.69, 9.17) is 0 Å². The molecule has 1 aromatic carbocycles. The van der Waals surface area contributed by atoms with Crippen LogP contribution in [-0.4, -0.2) is 20.6 Å². The van der Waals surface area contributed by atoms with Gasteiger partial charge < -0.3 is 5.32 Å². The van der Waals surface area contributed by atoms with Crippen molar-refractivity contribution in [3.63, 3.8) is 0 Å². The molecule has 1 aromatic rings. The topological polar surface area (TPSA) is 63.2 Å². The second-order valence-electron chi connectivity index (χ2n) is 3.67. The molecule has 0 aliphatic carbocycles. The van der Waals surface area contributed by atoms with Crippen LogP contribution < -0.4 is 5.32 Å². The van der Waals surface area contributed by atoms with Gasteiger partial charge in [-0.05, 0) is 30.2 Å². The van der Waals surface area contributed by atoms with Crippen LogP contribution in [0.25, 0.3) is 0 Å². The summed E-state index contributed by atoms with van der Waals surface area (Å²) in [6, 6.07) is 3.06. The van der Waals surface area contributed by atoms with Crippen molar-refractivity contribution < 1.29 is 13.2 Å². The maximum Gasteiger partial charge on any atom is 0.251 e. The highest BCUT2D eigenvalue weighted by molar-refractivity contribution is 7.90. The van der Waals surface area contributed by atoms with Gasteiger partial charge >= 0.3 is 0 Å². The molecule has 0 bridgehead atoms. The molecule has 80 valence electrons. The van der Waals surface area contributed by atoms with Crippen LogP contribution in [0.5, 0.6) is 0 Å². The van der Waals surface area contributed by atoms with Gasteiger partial charge in [0.1, 0.15) is 0 Å². The van der Waals surface area contributed by atoms with Crippen LogP contribution >= 0.6 is 0 Å². The molecule has 1 amide bonds. The van der Waals surface area contributed by atoms with Crippen LogP contribution in [0, 0.1) is 6.92 Å². The van der Waals surface area contributed by atoms with Crippen LogP contribution in [0.1, 0.15) is 21.5 Å². The number of sulfone groups is 1. The highest BCUT2D eigenvalue weighted by Crippen LogP contribution is 2.25. The Morgan fingerprint density at radius 2 is 2.00 bits per heavy atom. The van der Waals surface area contributed by atoms with Gasteiger partial charge in [0.2, 0.25) is 0 Å². The maximum absolute atomic E-state index is 11.4. The standard InChI is InChI=1S/C10H11NO3S/c1-6-8-5-11-10(12)7(8)3-4-9(6)15(2,13)14/h3-4H,5H2,1-2H3,(H,11,12). The maximum atomic E-state index is 11.4. The van der Waals surface area contributed by atoms with Crippen molar-refractivity contribution in [3.8, 4) is 0 Å². The summed E-state index contributed by atoms with van der Waals surface area (Å²) >= 11 is 0. The van der Waals surface area contributed by atoms with Gasteiger partial charge in [-0.2, -0.15) is 0 Å². The van der Waals surface area contributed by atoms with Gasteiger partial charge in [-0.3, -0.25) is 4.79 Å². The van der Waals surface area contributed by atoms with Crippen molar-refractivity contribution in [2.45, 2.75) is 18.4 Å². The van der Waals surface area contributed by atoms with Crippen molar-refractivity contribution in [3.05, 3.63) is 28.8 Å². The summed E-state index contributed by atoms with van der Waals surface area (Å²) in [4.78, 5) is 11.6. The summed E-state index contributed by atoms with van der Waals surface area (Å²) < 4.78 is 22.9. The molecular formula is C10H11NO3S. The van der Waals surface area contributed by atoms with Gasteiger partial charge in [0, 0.05) is 18.4 Å². The Morgan fingerprint density at radius 3 is 2.60 bits per heavy atom. The van der Waals surface area contributed by atoms with Gasteiger partial charge in [-0.25, -0.2) is 8.42 Å². The molecule has 0 spiro atoms. The molecule has 1 heterocycles. The molecule has 0 saturated carbocycles. The summed E-state index contributed by atoms with van der Waals surface area (Å²) in [5.41, 5.74) is 2.05. The first-order valence-electron chi connectivity index (χ1n) is 4.52. The Hall–Kier alpha value is -1.36. The molecule has 5 heteroatoms. The predicted molar refractivity (Wildman–Crippen MR) is 55.5 cm³/mol. The summed E-state index contributed by atoms with van der Waals surface area (Å²) in [6.45, 7) is 2.15. The highest BCUT2D eigenvalue weighted by atomic mass is 32.2. The van der Waals surface area contributed by atoms with Crippen molar-refractivity contribution in [2.75, 3.05) is 6.26 Å². The lowest BCUT2D eigenvalue weighted by Gasteiger charge is -2.07. The Bertz CT molecular complexity index is 546. The normalized spacial score (nSPS) is 14.9. The average Bonchev–Trinajstić information content (AvgIpc) is 2.47. The molecule has 0 radical (unpaired) electrons. The lowest BCUT2D eigenvalue weighted by Crippen LogP contribution is -2.12. The molecule has 0 fully saturated rings. The average molecular weight is 225 g/mol. The van der Waals surface area contributed by atoms with Crippen LogP contribution in [0.4, 0.5) is 0 Å². The molecule has 0 saturated heterocycles. The molecule has 1 aliphatic rings. The fourth-order valence-electron chi connectivity index (χ4n) is 1.84. The van der Waals surface area contributed by atoms with E-state index in [2.05, 4.69) is 5.32 Å². The number of amides is 1. The molecular weight excluding hydrogens is 214 g/mol. The first-order valence-corrected chi connectivity index (χ1v) is 6.41. The van der Waals surface area contributed by atoms with E-state index in [1.54, 1.807) is 13.0 Å². The molecule has 0 aromatic heterocycles. The minimum Gasteiger partial charge on any atom is -0.348 e. The molecule has 4 nitrogen and oxygen atoms in total. The second kappa shape index (κ2) is 3.06. The van der Waals surface area contributed by atoms with Gasteiger partial charge in [0.05, 0.1) is 4.90 Å². The summed E-state index contributed by atoms with van der Waals surface area (Å²) in [7, 11) is -3.21. The third-order valence-electron chi connectivity index (χ3n) is 2.62. The predicted octanol–water partition coefficient (Wildman–Crippen LogP) is 0.642. The minimum atomic E-state index is -3.21. The number of hydrogen-bond acceptors (Lipinski definition) is 3. The summed E-state index contributed by atoms with van der Waals surface area (Å²) in [5.74, 6) is -0.131. The molecule has 0 atom stereocenters. The van der Waals surface area contributed by atoms with E-state index in [1.165, 1.54) is 12.3 Å². The zero-order chi connectivity index (χ0) is 11.2. The Kier molecular flexibility index (Phi) is 2.08. The molecule has 15 heavy (non-hydrogen) atoms. The van der Waals surface area contributed by atoms with Crippen LogP contribution in [0.3, 0.4) is 0 Å². The monoisotopic (exact) mass is 225 g/mol. The SMILES string of the molecule is Cc1c(S(C)(=O)=O)ccc2c1CNC2=O. The van der Waals surface area contributed by atoms with E-state index in [-0.39, 0.29) is 5.91 Å². The number of nitrogens with one attached hydrogen (secondary N) is 1. The van der Waals surface area contributed by atoms with Crippen molar-refractivity contribution >= 4 is 15.7 Å². The third-order valence-corrected chi connectivity index (χ3v) is 3.86.